The van der Waals surface area contributed by atoms with Crippen LogP contribution >= 0.6 is 35.3 Å². The molecule has 0 aliphatic rings. The highest BCUT2D eigenvalue weighted by molar-refractivity contribution is 14.0. The molecule has 1 aromatic heterocycles. The Labute approximate surface area is 175 Å². The molecule has 0 spiro atoms. The van der Waals surface area contributed by atoms with Gasteiger partial charge >= 0.3 is 0 Å². The zero-order valence-electron chi connectivity index (χ0n) is 16.6. The third-order valence-electron chi connectivity index (χ3n) is 4.25. The predicted molar refractivity (Wildman–Crippen MR) is 124 cm³/mol. The van der Waals surface area contributed by atoms with Gasteiger partial charge in [0.05, 0.1) is 6.54 Å². The van der Waals surface area contributed by atoms with Crippen LogP contribution in [0.2, 0.25) is 0 Å². The van der Waals surface area contributed by atoms with Gasteiger partial charge in [0.2, 0.25) is 0 Å². The van der Waals surface area contributed by atoms with Gasteiger partial charge in [0, 0.05) is 23.4 Å². The zero-order valence-corrected chi connectivity index (χ0v) is 19.7. The molecule has 0 radical (unpaired) electrons. The molecule has 4 nitrogen and oxygen atoms in total. The van der Waals surface area contributed by atoms with Gasteiger partial charge in [-0.25, -0.2) is 0 Å². The second-order valence-electron chi connectivity index (χ2n) is 6.72. The van der Waals surface area contributed by atoms with Crippen LogP contribution in [-0.2, 0) is 5.41 Å². The van der Waals surface area contributed by atoms with Crippen molar-refractivity contribution in [2.75, 3.05) is 39.3 Å². The summed E-state index contributed by atoms with van der Waals surface area (Å²) in [6.07, 6.45) is 2.41. The second kappa shape index (κ2) is 13.8. The van der Waals surface area contributed by atoms with E-state index in [2.05, 4.69) is 67.7 Å². The van der Waals surface area contributed by atoms with Gasteiger partial charge in [0.1, 0.15) is 0 Å². The van der Waals surface area contributed by atoms with Gasteiger partial charge < -0.3 is 15.5 Å². The minimum atomic E-state index is 0. The first kappa shape index (κ1) is 24.7. The fourth-order valence-electron chi connectivity index (χ4n) is 2.57. The molecule has 1 aromatic rings. The molecular weight excluding hydrogens is 443 g/mol. The monoisotopic (exact) mass is 480 g/mol. The largest absolute Gasteiger partial charge is 0.357 e. The lowest BCUT2D eigenvalue weighted by molar-refractivity contribution is 0.297. The number of aliphatic imine (C=N–C) groups is 1. The van der Waals surface area contributed by atoms with Gasteiger partial charge in [-0.05, 0) is 50.8 Å². The maximum atomic E-state index is 4.80. The highest BCUT2D eigenvalue weighted by Crippen LogP contribution is 2.27. The van der Waals surface area contributed by atoms with Gasteiger partial charge in [-0.1, -0.05) is 33.8 Å². The Morgan fingerprint density at radius 3 is 2.44 bits per heavy atom. The summed E-state index contributed by atoms with van der Waals surface area (Å²) in [5, 5.41) is 8.97. The summed E-state index contributed by atoms with van der Waals surface area (Å²) in [5.41, 5.74) is 0.0826. The number of nitrogens with zero attached hydrogens (tertiary/aromatic N) is 2. The van der Waals surface area contributed by atoms with E-state index in [1.54, 1.807) is 0 Å². The maximum Gasteiger partial charge on any atom is 0.191 e. The number of guanidine groups is 1. The molecular formula is C19H37IN4S. The fraction of sp³-hybridized carbons (Fsp3) is 0.737. The van der Waals surface area contributed by atoms with Crippen molar-refractivity contribution in [1.29, 1.82) is 0 Å². The van der Waals surface area contributed by atoms with Crippen LogP contribution in [0.3, 0.4) is 0 Å². The van der Waals surface area contributed by atoms with Gasteiger partial charge in [0.25, 0.3) is 0 Å². The summed E-state index contributed by atoms with van der Waals surface area (Å²) in [6, 6.07) is 4.32. The van der Waals surface area contributed by atoms with E-state index in [9.17, 15) is 0 Å². The molecule has 0 fully saturated rings. The Morgan fingerprint density at radius 2 is 1.88 bits per heavy atom. The molecule has 0 aliphatic carbocycles. The van der Waals surface area contributed by atoms with Crippen molar-refractivity contribution in [2.24, 2.45) is 4.99 Å². The molecule has 1 rings (SSSR count). The van der Waals surface area contributed by atoms with Crippen LogP contribution < -0.4 is 10.6 Å². The lowest BCUT2D eigenvalue weighted by atomic mass is 9.92. The average Bonchev–Trinajstić information content (AvgIpc) is 3.11. The maximum absolute atomic E-state index is 4.80. The number of nitrogens with one attached hydrogen (secondary N) is 2. The highest BCUT2D eigenvalue weighted by Gasteiger charge is 2.21. The van der Waals surface area contributed by atoms with E-state index < -0.39 is 0 Å². The van der Waals surface area contributed by atoms with Crippen LogP contribution in [0.15, 0.2) is 22.5 Å². The summed E-state index contributed by atoms with van der Waals surface area (Å²) in [7, 11) is 0. The fourth-order valence-corrected chi connectivity index (χ4v) is 3.41. The van der Waals surface area contributed by atoms with Gasteiger partial charge in [-0.3, -0.25) is 4.99 Å². The third-order valence-corrected chi connectivity index (χ3v) is 5.49. The molecule has 0 amide bonds. The summed E-state index contributed by atoms with van der Waals surface area (Å²) in [5.74, 6) is 0.935. The molecule has 6 heteroatoms. The summed E-state index contributed by atoms with van der Waals surface area (Å²) in [6.45, 7) is 17.2. The van der Waals surface area contributed by atoms with Crippen molar-refractivity contribution < 1.29 is 0 Å². The van der Waals surface area contributed by atoms with Crippen LogP contribution in [0.5, 0.6) is 0 Å². The Kier molecular flexibility index (Phi) is 13.6. The normalized spacial score (nSPS) is 12.2. The molecule has 0 atom stereocenters. The smallest absolute Gasteiger partial charge is 0.191 e. The number of halogens is 1. The average molecular weight is 481 g/mol. The minimum Gasteiger partial charge on any atom is -0.357 e. The molecule has 0 unspecified atom stereocenters. The zero-order chi connectivity index (χ0) is 17.8. The molecule has 0 aliphatic heterocycles. The van der Waals surface area contributed by atoms with Crippen LogP contribution in [0.4, 0.5) is 0 Å². The van der Waals surface area contributed by atoms with Crippen LogP contribution in [0.1, 0.15) is 52.3 Å². The number of hydrogen-bond donors (Lipinski definition) is 2. The van der Waals surface area contributed by atoms with Crippen LogP contribution in [0.25, 0.3) is 0 Å². The van der Waals surface area contributed by atoms with Crippen molar-refractivity contribution in [1.82, 2.24) is 15.5 Å². The van der Waals surface area contributed by atoms with Crippen molar-refractivity contribution in [3.8, 4) is 0 Å². The summed E-state index contributed by atoms with van der Waals surface area (Å²) >= 11 is 1.81. The van der Waals surface area contributed by atoms with Crippen molar-refractivity contribution >= 4 is 41.3 Å². The van der Waals surface area contributed by atoms with E-state index in [-0.39, 0.29) is 29.4 Å². The van der Waals surface area contributed by atoms with E-state index in [0.717, 1.165) is 38.7 Å². The Hall–Kier alpha value is -0.340. The predicted octanol–water partition coefficient (Wildman–Crippen LogP) is 4.32. The Bertz CT molecular complexity index is 456. The van der Waals surface area contributed by atoms with Gasteiger partial charge in [0.15, 0.2) is 5.96 Å². The highest BCUT2D eigenvalue weighted by atomic mass is 127. The van der Waals surface area contributed by atoms with Crippen LogP contribution in [0, 0.1) is 0 Å². The first-order valence-electron chi connectivity index (χ1n) is 9.32. The minimum absolute atomic E-state index is 0. The molecule has 146 valence electrons. The Morgan fingerprint density at radius 1 is 1.16 bits per heavy atom. The van der Waals surface area contributed by atoms with Gasteiger partial charge in [-0.15, -0.1) is 35.3 Å². The van der Waals surface area contributed by atoms with E-state index >= 15 is 0 Å². The molecule has 1 heterocycles. The van der Waals surface area contributed by atoms with Crippen LogP contribution in [-0.4, -0.2) is 50.1 Å². The van der Waals surface area contributed by atoms with Crippen molar-refractivity contribution in [3.63, 3.8) is 0 Å². The number of hydrogen-bond acceptors (Lipinski definition) is 3. The number of rotatable bonds is 11. The van der Waals surface area contributed by atoms with E-state index in [1.165, 1.54) is 24.3 Å². The summed E-state index contributed by atoms with van der Waals surface area (Å²) in [4.78, 5) is 8.66. The third kappa shape index (κ3) is 9.80. The lowest BCUT2D eigenvalue weighted by Gasteiger charge is -2.22. The molecule has 0 saturated heterocycles. The summed E-state index contributed by atoms with van der Waals surface area (Å²) < 4.78 is 0. The van der Waals surface area contributed by atoms with Gasteiger partial charge in [-0.2, -0.15) is 0 Å². The van der Waals surface area contributed by atoms with E-state index in [0.29, 0.717) is 0 Å². The number of thiophene rings is 1. The Balaban J connectivity index is 0.00000576. The number of unbranched alkanes of at least 4 members (excludes halogenated alkanes) is 1. The van der Waals surface area contributed by atoms with Crippen molar-refractivity contribution in [2.45, 2.75) is 52.9 Å². The van der Waals surface area contributed by atoms with E-state index in [4.69, 9.17) is 4.99 Å². The molecule has 0 aromatic carbocycles. The second-order valence-corrected chi connectivity index (χ2v) is 7.66. The lowest BCUT2D eigenvalue weighted by Crippen LogP contribution is -2.39. The molecule has 0 bridgehead atoms. The topological polar surface area (TPSA) is 39.7 Å². The molecule has 0 saturated carbocycles. The van der Waals surface area contributed by atoms with E-state index in [1.807, 2.05) is 11.3 Å². The van der Waals surface area contributed by atoms with Crippen molar-refractivity contribution in [3.05, 3.63) is 22.4 Å². The quantitative estimate of drug-likeness (QED) is 0.215. The first-order valence-corrected chi connectivity index (χ1v) is 10.2. The first-order chi connectivity index (χ1) is 11.5. The molecule has 2 N–H and O–H groups in total. The molecule has 25 heavy (non-hydrogen) atoms. The standard InChI is InChI=1S/C19H36N4S.HI/c1-6-20-18(21-13-9-10-14-23(7-2)8-3)22-16-19(4,5)17-12-11-15-24-17;/h11-12,15H,6-10,13-14,16H2,1-5H3,(H2,20,21,22);1H. The SMILES string of the molecule is CCNC(=NCC(C)(C)c1cccs1)NCCCCN(CC)CC.I.